The number of nitro groups is 1. The Morgan fingerprint density at radius 3 is 2.56 bits per heavy atom. The molecule has 0 amide bonds. The van der Waals surface area contributed by atoms with E-state index in [1.54, 1.807) is 0 Å². The van der Waals surface area contributed by atoms with Crippen LogP contribution in [0.5, 0.6) is 0 Å². The molecule has 1 heterocycles. The Morgan fingerprint density at radius 1 is 1.62 bits per heavy atom. The molecule has 0 saturated carbocycles. The molecule has 0 atom stereocenters. The van der Waals surface area contributed by atoms with Gasteiger partial charge in [0.2, 0.25) is 0 Å². The molecule has 0 fully saturated rings. The SMILES string of the molecule is Cc1cc(C(=O)Cl)c(C(F)F)c([N+](=O)[O-])n1. The first-order valence-corrected chi connectivity index (χ1v) is 4.36. The highest BCUT2D eigenvalue weighted by Crippen LogP contribution is 2.31. The summed E-state index contributed by atoms with van der Waals surface area (Å²) in [6, 6.07) is 0.990. The van der Waals surface area contributed by atoms with E-state index in [-0.39, 0.29) is 5.69 Å². The molecule has 8 heteroatoms. The number of rotatable bonds is 3. The highest BCUT2D eigenvalue weighted by atomic mass is 35.5. The second-order valence-corrected chi connectivity index (χ2v) is 3.22. The van der Waals surface area contributed by atoms with E-state index in [2.05, 4.69) is 4.98 Å². The molecule has 0 saturated heterocycles. The molecule has 1 aromatic rings. The molecule has 5 nitrogen and oxygen atoms in total. The van der Waals surface area contributed by atoms with Crippen LogP contribution in [0.4, 0.5) is 14.6 Å². The van der Waals surface area contributed by atoms with Crippen LogP contribution in [0, 0.1) is 17.0 Å². The van der Waals surface area contributed by atoms with Crippen molar-refractivity contribution in [3.8, 4) is 0 Å². The van der Waals surface area contributed by atoms with Gasteiger partial charge in [-0.2, -0.15) is 0 Å². The maximum absolute atomic E-state index is 12.6. The van der Waals surface area contributed by atoms with Crippen LogP contribution in [0.2, 0.25) is 0 Å². The summed E-state index contributed by atoms with van der Waals surface area (Å²) in [5.41, 5.74) is -1.56. The van der Waals surface area contributed by atoms with E-state index in [1.807, 2.05) is 0 Å². The summed E-state index contributed by atoms with van der Waals surface area (Å²) in [7, 11) is 0. The van der Waals surface area contributed by atoms with E-state index in [0.29, 0.717) is 0 Å². The van der Waals surface area contributed by atoms with E-state index in [4.69, 9.17) is 11.6 Å². The lowest BCUT2D eigenvalue weighted by molar-refractivity contribution is -0.391. The van der Waals surface area contributed by atoms with Crippen molar-refractivity contribution in [2.75, 3.05) is 0 Å². The Labute approximate surface area is 93.2 Å². The minimum absolute atomic E-state index is 0.0695. The monoisotopic (exact) mass is 250 g/mol. The Kier molecular flexibility index (Phi) is 3.48. The van der Waals surface area contributed by atoms with Gasteiger partial charge in [-0.15, -0.1) is 0 Å². The largest absolute Gasteiger partial charge is 0.373 e. The number of carbonyl (C=O) groups excluding carboxylic acids is 1. The van der Waals surface area contributed by atoms with Crippen molar-refractivity contribution in [2.24, 2.45) is 0 Å². The second kappa shape index (κ2) is 4.48. The maximum atomic E-state index is 12.6. The quantitative estimate of drug-likeness (QED) is 0.469. The smallest absolute Gasteiger partial charge is 0.358 e. The van der Waals surface area contributed by atoms with Crippen LogP contribution in [0.1, 0.15) is 28.0 Å². The molecule has 0 unspecified atom stereocenters. The number of nitrogens with zero attached hydrogens (tertiary/aromatic N) is 2. The second-order valence-electron chi connectivity index (χ2n) is 2.88. The zero-order valence-electron chi connectivity index (χ0n) is 7.91. The first-order chi connectivity index (χ1) is 7.34. The molecule has 0 aromatic carbocycles. The van der Waals surface area contributed by atoms with Crippen LogP contribution in [0.3, 0.4) is 0 Å². The minimum atomic E-state index is -3.19. The van der Waals surface area contributed by atoms with Crippen molar-refractivity contribution in [1.82, 2.24) is 4.98 Å². The maximum Gasteiger partial charge on any atom is 0.373 e. The topological polar surface area (TPSA) is 73.1 Å². The predicted molar refractivity (Wildman–Crippen MR) is 50.8 cm³/mol. The van der Waals surface area contributed by atoms with Crippen LogP contribution >= 0.6 is 11.6 Å². The molecule has 86 valence electrons. The minimum Gasteiger partial charge on any atom is -0.358 e. The lowest BCUT2D eigenvalue weighted by atomic mass is 10.1. The highest BCUT2D eigenvalue weighted by Gasteiger charge is 2.30. The molecule has 0 aliphatic rings. The molecule has 1 rings (SSSR count). The van der Waals surface area contributed by atoms with E-state index in [9.17, 15) is 23.7 Å². The lowest BCUT2D eigenvalue weighted by Crippen LogP contribution is -2.07. The standard InChI is InChI=1S/C8H5ClF2N2O3/c1-3-2-4(6(9)14)5(7(10)11)8(12-3)13(15)16/h2,7H,1H3. The number of alkyl halides is 2. The zero-order chi connectivity index (χ0) is 12.5. The molecule has 0 radical (unpaired) electrons. The van der Waals surface area contributed by atoms with Gasteiger partial charge in [0.1, 0.15) is 5.56 Å². The summed E-state index contributed by atoms with van der Waals surface area (Å²) in [5, 5.41) is 9.33. The number of aromatic nitrogens is 1. The summed E-state index contributed by atoms with van der Waals surface area (Å²) in [6.45, 7) is 1.34. The first kappa shape index (κ1) is 12.4. The molecule has 0 aliphatic carbocycles. The van der Waals surface area contributed by atoms with Gasteiger partial charge in [0.25, 0.3) is 11.7 Å². The Hall–Kier alpha value is -1.63. The van der Waals surface area contributed by atoms with Gasteiger partial charge in [0, 0.05) is 6.92 Å². The van der Waals surface area contributed by atoms with Crippen molar-refractivity contribution in [3.63, 3.8) is 0 Å². The Bertz CT molecular complexity index is 430. The van der Waals surface area contributed by atoms with E-state index in [0.717, 1.165) is 6.07 Å². The number of carbonyl (C=O) groups is 1. The van der Waals surface area contributed by atoms with Crippen molar-refractivity contribution >= 4 is 22.7 Å². The van der Waals surface area contributed by atoms with Gasteiger partial charge >= 0.3 is 5.82 Å². The summed E-state index contributed by atoms with van der Waals surface area (Å²) >= 11 is 5.08. The first-order valence-electron chi connectivity index (χ1n) is 3.98. The van der Waals surface area contributed by atoms with Gasteiger partial charge in [-0.05, 0) is 27.6 Å². The number of halogens is 3. The number of aryl methyl sites for hydroxylation is 1. The average Bonchev–Trinajstić information content (AvgIpc) is 2.15. The fourth-order valence-corrected chi connectivity index (χ4v) is 1.34. The molecule has 0 bridgehead atoms. The Morgan fingerprint density at radius 2 is 2.19 bits per heavy atom. The Balaban J connectivity index is 3.60. The van der Waals surface area contributed by atoms with E-state index in [1.165, 1.54) is 6.92 Å². The molecular formula is C8H5ClF2N2O3. The van der Waals surface area contributed by atoms with Gasteiger partial charge in [-0.1, -0.05) is 0 Å². The molecule has 16 heavy (non-hydrogen) atoms. The lowest BCUT2D eigenvalue weighted by Gasteiger charge is -2.05. The summed E-state index contributed by atoms with van der Waals surface area (Å²) in [4.78, 5) is 23.7. The molecular weight excluding hydrogens is 246 g/mol. The number of hydrogen-bond acceptors (Lipinski definition) is 4. The number of hydrogen-bond donors (Lipinski definition) is 0. The molecule has 0 aliphatic heterocycles. The van der Waals surface area contributed by atoms with Crippen molar-refractivity contribution in [2.45, 2.75) is 13.3 Å². The van der Waals surface area contributed by atoms with Crippen molar-refractivity contribution in [1.29, 1.82) is 0 Å². The van der Waals surface area contributed by atoms with Crippen LogP contribution in [0.25, 0.3) is 0 Å². The average molecular weight is 251 g/mol. The van der Waals surface area contributed by atoms with Crippen LogP contribution in [-0.2, 0) is 0 Å². The van der Waals surface area contributed by atoms with Crippen LogP contribution in [0.15, 0.2) is 6.07 Å². The third-order valence-corrected chi connectivity index (χ3v) is 1.97. The van der Waals surface area contributed by atoms with Gasteiger partial charge in [0.05, 0.1) is 5.56 Å². The highest BCUT2D eigenvalue weighted by molar-refractivity contribution is 6.68. The van der Waals surface area contributed by atoms with Crippen molar-refractivity contribution < 1.29 is 18.5 Å². The number of pyridine rings is 1. The summed E-state index contributed by atoms with van der Waals surface area (Å²) in [5.74, 6) is -1.04. The predicted octanol–water partition coefficient (Wildman–Crippen LogP) is 2.61. The van der Waals surface area contributed by atoms with Gasteiger partial charge in [0.15, 0.2) is 5.69 Å². The van der Waals surface area contributed by atoms with Crippen molar-refractivity contribution in [3.05, 3.63) is 33.0 Å². The fourth-order valence-electron chi connectivity index (χ4n) is 1.18. The van der Waals surface area contributed by atoms with Crippen LogP contribution < -0.4 is 0 Å². The third kappa shape index (κ3) is 2.30. The summed E-state index contributed by atoms with van der Waals surface area (Å²) < 4.78 is 25.2. The van der Waals surface area contributed by atoms with E-state index < -0.39 is 33.5 Å². The molecule has 1 aromatic heterocycles. The zero-order valence-corrected chi connectivity index (χ0v) is 8.66. The van der Waals surface area contributed by atoms with Crippen LogP contribution in [-0.4, -0.2) is 15.1 Å². The third-order valence-electron chi connectivity index (χ3n) is 1.77. The fraction of sp³-hybridized carbons (Fsp3) is 0.250. The van der Waals surface area contributed by atoms with Gasteiger partial charge < -0.3 is 10.1 Å². The molecule has 0 N–H and O–H groups in total. The van der Waals surface area contributed by atoms with Gasteiger partial charge in [-0.25, -0.2) is 8.78 Å². The summed E-state index contributed by atoms with van der Waals surface area (Å²) in [6.07, 6.45) is -3.19. The van der Waals surface area contributed by atoms with Gasteiger partial charge in [-0.3, -0.25) is 4.79 Å². The normalized spacial score (nSPS) is 10.6. The molecule has 0 spiro atoms. The van der Waals surface area contributed by atoms with E-state index >= 15 is 0 Å².